The van der Waals surface area contributed by atoms with Gasteiger partial charge in [-0.3, -0.25) is 14.5 Å². The SMILES string of the molecule is COc1ccc(CNC2CCCCCCCCC[C@H](B(O)O)NC(=O)[C@@H]3C[C@@H](OC(=O)N4Cc5ccccc5C4)CN3C2=O)cc1.Cl. The summed E-state index contributed by atoms with van der Waals surface area (Å²) < 4.78 is 11.2. The van der Waals surface area contributed by atoms with Gasteiger partial charge in [0.25, 0.3) is 0 Å². The number of benzene rings is 2. The maximum atomic E-state index is 14.3. The van der Waals surface area contributed by atoms with Crippen LogP contribution in [0.5, 0.6) is 5.75 Å². The highest BCUT2D eigenvalue weighted by atomic mass is 35.5. The van der Waals surface area contributed by atoms with Gasteiger partial charge in [0.15, 0.2) is 0 Å². The van der Waals surface area contributed by atoms with Crippen LogP contribution in [0.25, 0.3) is 0 Å². The first kappa shape index (κ1) is 36.5. The van der Waals surface area contributed by atoms with Crippen molar-refractivity contribution in [3.05, 3.63) is 65.2 Å². The Morgan fingerprint density at radius 3 is 2.17 bits per heavy atom. The van der Waals surface area contributed by atoms with Gasteiger partial charge in [0.05, 0.1) is 25.6 Å². The quantitative estimate of drug-likeness (QED) is 0.341. The molecule has 0 saturated carbocycles. The number of ether oxygens (including phenoxy) is 2. The molecule has 13 heteroatoms. The van der Waals surface area contributed by atoms with Crippen molar-refractivity contribution in [2.75, 3.05) is 13.7 Å². The standard InChI is InChI=1S/C34H47BN4O7.ClH/c1-45-27-17-15-24(16-18-27)20-36-29-13-7-5-3-2-4-6-8-14-31(35(43)44)37-32(40)30-19-28(23-39(30)33(29)41)46-34(42)38-21-25-11-9-10-12-26(25)22-38;/h9-12,15-18,28-31,36,43-44H,2-8,13-14,19-23H2,1H3,(H,37,40);1H/t28-,29?,30+,31-;/m1./s1. The van der Waals surface area contributed by atoms with E-state index >= 15 is 0 Å². The lowest BCUT2D eigenvalue weighted by Crippen LogP contribution is -2.56. The molecule has 2 saturated heterocycles. The number of hydrogen-bond acceptors (Lipinski definition) is 8. The number of nitrogens with one attached hydrogen (secondary N) is 2. The molecule has 3 amide bonds. The Balaban J connectivity index is 0.00000500. The molecule has 0 bridgehead atoms. The van der Waals surface area contributed by atoms with Crippen molar-refractivity contribution in [2.24, 2.45) is 0 Å². The van der Waals surface area contributed by atoms with Crippen LogP contribution < -0.4 is 15.4 Å². The molecule has 2 aromatic carbocycles. The lowest BCUT2D eigenvalue weighted by atomic mass is 9.76. The van der Waals surface area contributed by atoms with Crippen LogP contribution in [0.2, 0.25) is 0 Å². The van der Waals surface area contributed by atoms with Gasteiger partial charge in [0, 0.05) is 26.1 Å². The fraction of sp³-hybridized carbons (Fsp3) is 0.559. The Morgan fingerprint density at radius 1 is 0.936 bits per heavy atom. The van der Waals surface area contributed by atoms with E-state index in [-0.39, 0.29) is 31.3 Å². The number of fused-ring (bicyclic) bond motifs is 2. The van der Waals surface area contributed by atoms with E-state index in [4.69, 9.17) is 9.47 Å². The molecule has 1 unspecified atom stereocenters. The van der Waals surface area contributed by atoms with Gasteiger partial charge in [-0.05, 0) is 41.7 Å². The third-order valence-corrected chi connectivity index (χ3v) is 9.42. The van der Waals surface area contributed by atoms with Crippen LogP contribution >= 0.6 is 12.4 Å². The van der Waals surface area contributed by atoms with E-state index in [0.717, 1.165) is 67.4 Å². The number of carbonyl (C=O) groups is 3. The number of amides is 3. The summed E-state index contributed by atoms with van der Waals surface area (Å²) in [6.45, 7) is 1.43. The number of hydrogen-bond donors (Lipinski definition) is 4. The first-order valence-corrected chi connectivity index (χ1v) is 16.7. The summed E-state index contributed by atoms with van der Waals surface area (Å²) in [6.07, 6.45) is 6.71. The Labute approximate surface area is 283 Å². The average Bonchev–Trinajstić information content (AvgIpc) is 3.69. The van der Waals surface area contributed by atoms with E-state index in [1.54, 1.807) is 12.0 Å². The zero-order chi connectivity index (χ0) is 32.5. The molecule has 0 aliphatic carbocycles. The molecule has 2 aromatic rings. The Bertz CT molecular complexity index is 1310. The fourth-order valence-corrected chi connectivity index (χ4v) is 6.72. The van der Waals surface area contributed by atoms with E-state index < -0.39 is 43.2 Å². The summed E-state index contributed by atoms with van der Waals surface area (Å²) in [6, 6.07) is 14.1. The van der Waals surface area contributed by atoms with Crippen molar-refractivity contribution in [1.82, 2.24) is 20.4 Å². The van der Waals surface area contributed by atoms with Crippen molar-refractivity contribution < 1.29 is 33.9 Å². The largest absolute Gasteiger partial charge is 0.497 e. The van der Waals surface area contributed by atoms with Gasteiger partial charge in [-0.15, -0.1) is 12.4 Å². The second-order valence-electron chi connectivity index (χ2n) is 12.7. The van der Waals surface area contributed by atoms with Crippen molar-refractivity contribution in [1.29, 1.82) is 0 Å². The van der Waals surface area contributed by atoms with Gasteiger partial charge in [-0.1, -0.05) is 81.3 Å². The first-order chi connectivity index (χ1) is 22.3. The van der Waals surface area contributed by atoms with Gasteiger partial charge >= 0.3 is 13.2 Å². The smallest absolute Gasteiger partial charge is 0.475 e. The minimum Gasteiger partial charge on any atom is -0.497 e. The van der Waals surface area contributed by atoms with Crippen molar-refractivity contribution >= 4 is 37.4 Å². The molecule has 0 radical (unpaired) electrons. The highest BCUT2D eigenvalue weighted by Gasteiger charge is 2.44. The maximum absolute atomic E-state index is 14.3. The van der Waals surface area contributed by atoms with Crippen LogP contribution in [0.1, 0.15) is 80.9 Å². The summed E-state index contributed by atoms with van der Waals surface area (Å²) in [5.74, 6) is -0.806. The highest BCUT2D eigenvalue weighted by molar-refractivity contribution is 6.43. The number of nitrogens with zero attached hydrogens (tertiary/aromatic N) is 2. The van der Waals surface area contributed by atoms with Crippen LogP contribution in [-0.2, 0) is 34.0 Å². The predicted octanol–water partition coefficient (Wildman–Crippen LogP) is 3.72. The van der Waals surface area contributed by atoms with Crippen molar-refractivity contribution in [3.63, 3.8) is 0 Å². The van der Waals surface area contributed by atoms with E-state index in [1.807, 2.05) is 48.5 Å². The molecular formula is C34H48BClN4O7. The monoisotopic (exact) mass is 670 g/mol. The summed E-state index contributed by atoms with van der Waals surface area (Å²) in [5, 5.41) is 26.4. The Kier molecular flexibility index (Phi) is 13.8. The molecule has 2 fully saturated rings. The molecule has 3 heterocycles. The normalized spacial score (nSPS) is 24.1. The molecular weight excluding hydrogens is 623 g/mol. The number of halogens is 1. The van der Waals surface area contributed by atoms with Gasteiger partial charge in [0.1, 0.15) is 17.9 Å². The minimum absolute atomic E-state index is 0. The second kappa shape index (κ2) is 17.7. The van der Waals surface area contributed by atoms with Crippen LogP contribution in [0.3, 0.4) is 0 Å². The van der Waals surface area contributed by atoms with Crippen LogP contribution in [0, 0.1) is 0 Å². The molecule has 11 nitrogen and oxygen atoms in total. The molecule has 0 aromatic heterocycles. The summed E-state index contributed by atoms with van der Waals surface area (Å²) in [4.78, 5) is 44.4. The van der Waals surface area contributed by atoms with Crippen molar-refractivity contribution in [2.45, 2.75) is 108 Å². The molecule has 47 heavy (non-hydrogen) atoms. The van der Waals surface area contributed by atoms with E-state index in [1.165, 1.54) is 4.90 Å². The number of carbonyl (C=O) groups excluding carboxylic acids is 3. The molecule has 5 rings (SSSR count). The number of rotatable bonds is 6. The lowest BCUT2D eigenvalue weighted by Gasteiger charge is -2.30. The van der Waals surface area contributed by atoms with Gasteiger partial charge in [-0.2, -0.15) is 0 Å². The predicted molar refractivity (Wildman–Crippen MR) is 181 cm³/mol. The zero-order valence-electron chi connectivity index (χ0n) is 27.1. The summed E-state index contributed by atoms with van der Waals surface area (Å²) in [7, 11) is -0.108. The highest BCUT2D eigenvalue weighted by Crippen LogP contribution is 2.27. The Morgan fingerprint density at radius 2 is 1.55 bits per heavy atom. The average molecular weight is 671 g/mol. The summed E-state index contributed by atoms with van der Waals surface area (Å²) in [5.41, 5.74) is 3.14. The summed E-state index contributed by atoms with van der Waals surface area (Å²) >= 11 is 0. The minimum atomic E-state index is -1.72. The van der Waals surface area contributed by atoms with E-state index in [2.05, 4.69) is 10.6 Å². The van der Waals surface area contributed by atoms with Gasteiger partial charge in [0.2, 0.25) is 11.8 Å². The lowest BCUT2D eigenvalue weighted by molar-refractivity contribution is -0.140. The van der Waals surface area contributed by atoms with Gasteiger partial charge in [-0.25, -0.2) is 4.79 Å². The third kappa shape index (κ3) is 9.85. The Hall–Kier alpha value is -3.32. The molecule has 4 atom stereocenters. The first-order valence-electron chi connectivity index (χ1n) is 16.7. The third-order valence-electron chi connectivity index (χ3n) is 9.42. The van der Waals surface area contributed by atoms with Crippen LogP contribution in [-0.4, -0.2) is 82.7 Å². The molecule has 0 spiro atoms. The fourth-order valence-electron chi connectivity index (χ4n) is 6.72. The van der Waals surface area contributed by atoms with E-state index in [0.29, 0.717) is 32.5 Å². The maximum Gasteiger partial charge on any atom is 0.475 e. The van der Waals surface area contributed by atoms with Gasteiger partial charge < -0.3 is 35.1 Å². The number of methoxy groups -OCH3 is 1. The van der Waals surface area contributed by atoms with Crippen LogP contribution in [0.15, 0.2) is 48.5 Å². The topological polar surface area (TPSA) is 141 Å². The molecule has 3 aliphatic heterocycles. The van der Waals surface area contributed by atoms with Crippen LogP contribution in [0.4, 0.5) is 4.79 Å². The van der Waals surface area contributed by atoms with Crippen molar-refractivity contribution in [3.8, 4) is 5.75 Å². The zero-order valence-corrected chi connectivity index (χ0v) is 28.0. The molecule has 3 aliphatic rings. The van der Waals surface area contributed by atoms with E-state index in [9.17, 15) is 24.4 Å². The molecule has 256 valence electrons. The molecule has 4 N–H and O–H groups in total. The second-order valence-corrected chi connectivity index (χ2v) is 12.7.